The first-order valence-electron chi connectivity index (χ1n) is 31.6. The van der Waals surface area contributed by atoms with Gasteiger partial charge in [-0.2, -0.15) is 0 Å². The number of phenolic OH excluding ortho intramolecular Hbond substituents is 1. The molecule has 2 aliphatic heterocycles. The Morgan fingerprint density at radius 3 is 1.87 bits per heavy atom. The number of hydrogen-bond acceptors (Lipinski definition) is 30. The van der Waals surface area contributed by atoms with Gasteiger partial charge in [0.2, 0.25) is 23.6 Å². The molecule has 0 radical (unpaired) electrons. The van der Waals surface area contributed by atoms with Crippen LogP contribution in [0.25, 0.3) is 0 Å². The number of hydrogen-bond donors (Lipinski definition) is 23. The number of amides is 4. The molecule has 6 aliphatic rings. The molecule has 13 unspecified atom stereocenters. The van der Waals surface area contributed by atoms with Crippen LogP contribution < -0.4 is 21.3 Å². The second-order valence-corrected chi connectivity index (χ2v) is 28.2. The highest BCUT2D eigenvalue weighted by atomic mass is 31.2. The number of ether oxygens (including phenoxy) is 6. The van der Waals surface area contributed by atoms with Gasteiger partial charge in [-0.15, -0.1) is 0 Å². The summed E-state index contributed by atoms with van der Waals surface area (Å²) in [4.78, 5) is 105. The number of unbranched alkanes of at least 4 members (excludes halogenated alkanes) is 1. The number of aromatic hydroxyl groups is 1. The van der Waals surface area contributed by atoms with Crippen LogP contribution in [0.15, 0.2) is 24.3 Å². The van der Waals surface area contributed by atoms with Gasteiger partial charge in [0.05, 0.1) is 123 Å². The normalized spacial score (nSPS) is 37.2. The quantitative estimate of drug-likeness (QED) is 0.0132. The van der Waals surface area contributed by atoms with Crippen molar-refractivity contribution in [2.75, 3.05) is 33.0 Å². The zero-order valence-corrected chi connectivity index (χ0v) is 54.7. The van der Waals surface area contributed by atoms with Crippen LogP contribution in [0.4, 0.5) is 0 Å². The number of aryl methyl sites for hydroxylation is 1. The van der Waals surface area contributed by atoms with Crippen LogP contribution in [0.5, 0.6) is 5.75 Å². The summed E-state index contributed by atoms with van der Waals surface area (Å²) in [5.74, 6) is -20.0. The topological polar surface area (TPSA) is 626 Å². The number of aldehydes is 1. The predicted molar refractivity (Wildman–Crippen MR) is 318 cm³/mol. The second kappa shape index (κ2) is 33.9. The molecule has 0 aromatic heterocycles. The fraction of sp³-hybridized carbons (Fsp3) is 0.807. The van der Waals surface area contributed by atoms with E-state index in [1.54, 1.807) is 12.1 Å². The SMILES string of the molecule is CC(=O)N[C@H](C(=O)N[C@@H](CCCCNC(=O)CCc1ccc(O)cc1)C(=O)N[C@H](C=O)[C@@H](C)OC1OC2(OC(O)[C@H]3C[C@@H](O)[C@@H](O)C(COP(=O)(O)O)C3O)C(CO)[C@H](O)[C@H](O)C[C@H]12)[C@@H](C)OC(O)[C@H]1C[C@@H](O)[C@@H](O)C(CO)C1OC1OC2(O)C1C[C@@H](O)[C@@H](O)C2COP(=O)(O)O. The monoisotopic (exact) mass is 1440 g/mol. The standard InChI is InChI=1S/C57H92N4O34P2/c1-23(91-55-33-17-41(70)47(75)34(19-63)57(33,95-55)93-53(80)28-14-38(67)46(74)31(44(28)72)21-88-96(82,83)84)37(20-64)61-50(77)36(6-4-5-13-58-42(71)12-9-26-7-10-27(66)11-8-26)60-51(78)43(59-25(3)65)24(2)90-52(79)29-15-39(68)45(73)30(18-62)49(29)92-54-32-16-40(69)48(76)35(56(32,81)94-54)22-89-97(85,86)87/h7-8,10-11,20,23-24,28-41,43-49,52-55,62-63,66-70,72-76,79-81H,4-6,9,12-19,21-22H2,1-3H3,(H,58,71)(H,59,65)(H,60,78)(H,61,77)(H2,82,83,84)(H2,85,86,87)/t23-,24-,28+,29+,30?,31?,32?,33-,34?,35?,36+,37-,38-,39-,40-,41-,43+,44?,45+,46+,47+,48+,49?,52?,53?,54?,55?,56?,57?/m1/s1. The van der Waals surface area contributed by atoms with Crippen LogP contribution in [-0.4, -0.2) is 287 Å². The van der Waals surface area contributed by atoms with Crippen molar-refractivity contribution in [3.63, 3.8) is 0 Å². The molecule has 29 atom stereocenters. The van der Waals surface area contributed by atoms with Gasteiger partial charge in [-0.1, -0.05) is 12.1 Å². The van der Waals surface area contributed by atoms with Crippen LogP contribution in [0, 0.1) is 47.3 Å². The molecule has 97 heavy (non-hydrogen) atoms. The maximum absolute atomic E-state index is 14.6. The van der Waals surface area contributed by atoms with E-state index in [1.807, 2.05) is 0 Å². The second-order valence-electron chi connectivity index (χ2n) is 25.7. The smallest absolute Gasteiger partial charge is 0.469 e. The van der Waals surface area contributed by atoms with Crippen molar-refractivity contribution in [1.82, 2.24) is 21.3 Å². The first-order chi connectivity index (χ1) is 45.4. The highest BCUT2D eigenvalue weighted by Crippen LogP contribution is 2.56. The molecule has 0 bridgehead atoms. The molecule has 40 heteroatoms. The van der Waals surface area contributed by atoms with E-state index in [1.165, 1.54) is 26.0 Å². The van der Waals surface area contributed by atoms with Crippen molar-refractivity contribution in [3.05, 3.63) is 29.8 Å². The summed E-state index contributed by atoms with van der Waals surface area (Å²) in [6, 6.07) is 1.14. The molecule has 7 rings (SSSR count). The zero-order chi connectivity index (χ0) is 72.0. The summed E-state index contributed by atoms with van der Waals surface area (Å²) in [5.41, 5.74) is 0.768. The number of aliphatic hydroxyl groups excluding tert-OH is 13. The summed E-state index contributed by atoms with van der Waals surface area (Å²) in [7, 11) is -10.4. The van der Waals surface area contributed by atoms with Crippen LogP contribution in [0.2, 0.25) is 0 Å². The van der Waals surface area contributed by atoms with Gasteiger partial charge < -0.3 is 151 Å². The van der Waals surface area contributed by atoms with Crippen LogP contribution in [-0.2, 0) is 77.0 Å². The van der Waals surface area contributed by atoms with Crippen LogP contribution >= 0.6 is 15.6 Å². The molecule has 38 nitrogen and oxygen atoms in total. The summed E-state index contributed by atoms with van der Waals surface area (Å²) >= 11 is 0. The Morgan fingerprint density at radius 1 is 0.680 bits per heavy atom. The van der Waals surface area contributed by atoms with Crippen LogP contribution in [0.1, 0.15) is 77.7 Å². The van der Waals surface area contributed by atoms with Crippen molar-refractivity contribution >= 4 is 45.6 Å². The average molecular weight is 1440 g/mol. The van der Waals surface area contributed by atoms with Crippen LogP contribution in [0.3, 0.4) is 0 Å². The van der Waals surface area contributed by atoms with E-state index < -0.39 is 261 Å². The number of nitrogens with one attached hydrogen (secondary N) is 4. The number of benzene rings is 1. The largest absolute Gasteiger partial charge is 0.508 e. The first-order valence-corrected chi connectivity index (χ1v) is 34.6. The van der Waals surface area contributed by atoms with Gasteiger partial charge in [-0.05, 0) is 82.9 Å². The van der Waals surface area contributed by atoms with Crippen molar-refractivity contribution in [1.29, 1.82) is 0 Å². The Kier molecular flexibility index (Phi) is 28.0. The Bertz CT molecular complexity index is 2890. The van der Waals surface area contributed by atoms with Crippen molar-refractivity contribution in [3.8, 4) is 5.75 Å². The third kappa shape index (κ3) is 19.4. The molecule has 4 amide bonds. The fourth-order valence-electron chi connectivity index (χ4n) is 13.7. The van der Waals surface area contributed by atoms with Gasteiger partial charge in [-0.3, -0.25) is 28.2 Å². The lowest BCUT2D eigenvalue weighted by molar-refractivity contribution is -0.505. The van der Waals surface area contributed by atoms with Crippen molar-refractivity contribution in [2.24, 2.45) is 47.3 Å². The van der Waals surface area contributed by atoms with Gasteiger partial charge in [0, 0.05) is 43.6 Å². The molecule has 1 aromatic rings. The van der Waals surface area contributed by atoms with E-state index >= 15 is 0 Å². The minimum Gasteiger partial charge on any atom is -0.508 e. The average Bonchev–Trinajstić information content (AvgIpc) is 0.716. The maximum atomic E-state index is 14.6. The van der Waals surface area contributed by atoms with Gasteiger partial charge in [0.1, 0.15) is 30.2 Å². The molecule has 2 saturated heterocycles. The predicted octanol–water partition coefficient (Wildman–Crippen LogP) is -7.77. The number of aliphatic hydroxyl groups is 14. The third-order valence-electron chi connectivity index (χ3n) is 19.2. The molecular formula is C57H92N4O34P2. The third-order valence-corrected chi connectivity index (χ3v) is 20.2. The maximum Gasteiger partial charge on any atom is 0.469 e. The Labute approximate surface area is 554 Å². The Morgan fingerprint density at radius 2 is 1.27 bits per heavy atom. The lowest BCUT2D eigenvalue weighted by Gasteiger charge is -2.62. The summed E-state index contributed by atoms with van der Waals surface area (Å²) in [6.07, 6.45) is -29.2. The summed E-state index contributed by atoms with van der Waals surface area (Å²) in [6.45, 7) is -0.355. The van der Waals surface area contributed by atoms with Crippen molar-refractivity contribution < 1.29 is 167 Å². The number of rotatable bonds is 34. The number of phenols is 1. The van der Waals surface area contributed by atoms with Gasteiger partial charge in [0.25, 0.3) is 0 Å². The molecule has 6 fully saturated rings. The van der Waals surface area contributed by atoms with E-state index in [4.69, 9.17) is 28.4 Å². The molecule has 1 aromatic carbocycles. The molecule has 554 valence electrons. The molecule has 2 heterocycles. The van der Waals surface area contributed by atoms with Gasteiger partial charge in [-0.25, -0.2) is 9.13 Å². The molecule has 0 spiro atoms. The summed E-state index contributed by atoms with van der Waals surface area (Å²) in [5, 5.41) is 174. The lowest BCUT2D eigenvalue weighted by Crippen LogP contribution is -2.75. The number of fused-ring (bicyclic) bond motifs is 2. The Balaban J connectivity index is 1.06. The van der Waals surface area contributed by atoms with Gasteiger partial charge >= 0.3 is 15.6 Å². The zero-order valence-electron chi connectivity index (χ0n) is 52.9. The molecule has 4 aliphatic carbocycles. The van der Waals surface area contributed by atoms with E-state index in [2.05, 4.69) is 30.3 Å². The number of carbonyl (C=O) groups excluding carboxylic acids is 5. The number of carbonyl (C=O) groups is 5. The molecular weight excluding hydrogens is 1350 g/mol. The van der Waals surface area contributed by atoms with Gasteiger partial charge in [0.15, 0.2) is 36.7 Å². The number of phosphoric acid groups is 2. The number of phosphoric ester groups is 2. The minimum absolute atomic E-state index is 0.0370. The molecule has 4 saturated carbocycles. The summed E-state index contributed by atoms with van der Waals surface area (Å²) < 4.78 is 67.7. The molecule has 23 N–H and O–H groups in total. The first kappa shape index (κ1) is 80.3. The Hall–Kier alpha value is -4.01. The van der Waals surface area contributed by atoms with E-state index in [-0.39, 0.29) is 50.2 Å². The van der Waals surface area contributed by atoms with E-state index in [0.29, 0.717) is 6.42 Å². The fourth-order valence-corrected chi connectivity index (χ4v) is 14.4. The lowest BCUT2D eigenvalue weighted by atomic mass is 9.68. The van der Waals surface area contributed by atoms with Crippen molar-refractivity contribution in [2.45, 2.75) is 207 Å². The van der Waals surface area contributed by atoms with E-state index in [9.17, 15) is 129 Å². The van der Waals surface area contributed by atoms with E-state index in [0.717, 1.165) is 12.5 Å². The highest BCUT2D eigenvalue weighted by Gasteiger charge is 2.70. The highest BCUT2D eigenvalue weighted by molar-refractivity contribution is 7.46. The minimum atomic E-state index is -5.18.